The van der Waals surface area contributed by atoms with Gasteiger partial charge in [0.25, 0.3) is 0 Å². The average Bonchev–Trinajstić information content (AvgIpc) is 3.14. The lowest BCUT2D eigenvalue weighted by Gasteiger charge is -2.38. The molecule has 0 saturated carbocycles. The Balaban J connectivity index is 1.56. The van der Waals surface area contributed by atoms with Gasteiger partial charge in [-0.3, -0.25) is 9.48 Å². The standard InChI is InChI=1S/C19H24F3N7O/c1-12-9-27(6-4-23-12)17(30)11-28-10-14(8-24-28)15-7-16(19(20,21)22)26-18(25-15)29-5-3-13(29)2/h7-8,10,12-13,23H,3-6,9,11H2,1-2H3/t12-,13-/m0/s1. The Morgan fingerprint density at radius 2 is 2.07 bits per heavy atom. The van der Waals surface area contributed by atoms with Crippen molar-refractivity contribution in [3.8, 4) is 11.3 Å². The van der Waals surface area contributed by atoms with Crippen LogP contribution in [0.3, 0.4) is 0 Å². The highest BCUT2D eigenvalue weighted by atomic mass is 19.4. The molecule has 0 aromatic carbocycles. The number of anilines is 1. The van der Waals surface area contributed by atoms with E-state index in [2.05, 4.69) is 20.4 Å². The first-order valence-electron chi connectivity index (χ1n) is 9.97. The van der Waals surface area contributed by atoms with Crippen molar-refractivity contribution in [2.45, 2.75) is 45.1 Å². The minimum atomic E-state index is -4.58. The zero-order chi connectivity index (χ0) is 21.5. The first kappa shape index (κ1) is 20.6. The Hall–Kier alpha value is -2.69. The van der Waals surface area contributed by atoms with E-state index in [0.29, 0.717) is 25.2 Å². The molecular weight excluding hydrogens is 399 g/mol. The molecular formula is C19H24F3N7O. The number of alkyl halides is 3. The van der Waals surface area contributed by atoms with Gasteiger partial charge in [0.15, 0.2) is 5.69 Å². The molecule has 162 valence electrons. The number of aromatic nitrogens is 4. The molecule has 1 amide bonds. The van der Waals surface area contributed by atoms with Crippen molar-refractivity contribution in [1.82, 2.24) is 30.0 Å². The second-order valence-corrected chi connectivity index (χ2v) is 7.89. The van der Waals surface area contributed by atoms with Crippen LogP contribution in [0.15, 0.2) is 18.5 Å². The van der Waals surface area contributed by atoms with E-state index < -0.39 is 11.9 Å². The van der Waals surface area contributed by atoms with Crippen LogP contribution < -0.4 is 10.2 Å². The number of rotatable bonds is 4. The predicted molar refractivity (Wildman–Crippen MR) is 104 cm³/mol. The van der Waals surface area contributed by atoms with Crippen molar-refractivity contribution < 1.29 is 18.0 Å². The van der Waals surface area contributed by atoms with Gasteiger partial charge in [-0.15, -0.1) is 0 Å². The maximum Gasteiger partial charge on any atom is 0.433 e. The van der Waals surface area contributed by atoms with Gasteiger partial charge >= 0.3 is 6.18 Å². The molecule has 30 heavy (non-hydrogen) atoms. The van der Waals surface area contributed by atoms with Crippen LogP contribution in [0.2, 0.25) is 0 Å². The molecule has 2 aliphatic rings. The molecule has 2 atom stereocenters. The number of carbonyl (C=O) groups excluding carboxylic acids is 1. The molecule has 1 N–H and O–H groups in total. The zero-order valence-electron chi connectivity index (χ0n) is 16.9. The normalized spacial score (nSPS) is 22.2. The van der Waals surface area contributed by atoms with E-state index in [1.54, 1.807) is 16.0 Å². The molecule has 2 aromatic rings. The highest BCUT2D eigenvalue weighted by Gasteiger charge is 2.36. The van der Waals surface area contributed by atoms with Crippen molar-refractivity contribution in [3.63, 3.8) is 0 Å². The van der Waals surface area contributed by atoms with E-state index in [0.717, 1.165) is 19.0 Å². The van der Waals surface area contributed by atoms with Gasteiger partial charge in [-0.1, -0.05) is 0 Å². The molecule has 0 aliphatic carbocycles. The molecule has 2 aromatic heterocycles. The predicted octanol–water partition coefficient (Wildman–Crippen LogP) is 1.78. The summed E-state index contributed by atoms with van der Waals surface area (Å²) in [4.78, 5) is 24.1. The maximum absolute atomic E-state index is 13.4. The van der Waals surface area contributed by atoms with Gasteiger partial charge in [0.1, 0.15) is 6.54 Å². The lowest BCUT2D eigenvalue weighted by molar-refractivity contribution is -0.141. The summed E-state index contributed by atoms with van der Waals surface area (Å²) in [6.45, 7) is 6.55. The number of amides is 1. The van der Waals surface area contributed by atoms with Crippen LogP contribution in [-0.4, -0.2) is 68.8 Å². The van der Waals surface area contributed by atoms with Crippen LogP contribution in [0.25, 0.3) is 11.3 Å². The van der Waals surface area contributed by atoms with Gasteiger partial charge in [-0.2, -0.15) is 18.3 Å². The van der Waals surface area contributed by atoms with Gasteiger partial charge in [0.05, 0.1) is 11.9 Å². The molecule has 2 fully saturated rings. The summed E-state index contributed by atoms with van der Waals surface area (Å²) in [6, 6.07) is 1.25. The molecule has 4 rings (SSSR count). The molecule has 0 bridgehead atoms. The lowest BCUT2D eigenvalue weighted by Crippen LogP contribution is -2.52. The molecule has 0 radical (unpaired) electrons. The van der Waals surface area contributed by atoms with Crippen molar-refractivity contribution in [2.75, 3.05) is 31.1 Å². The van der Waals surface area contributed by atoms with E-state index in [1.807, 2.05) is 13.8 Å². The van der Waals surface area contributed by atoms with Crippen LogP contribution >= 0.6 is 0 Å². The topological polar surface area (TPSA) is 79.2 Å². The SMILES string of the molecule is C[C@H]1CN(C(=O)Cn2cc(-c3cc(C(F)(F)F)nc(N4CC[C@@H]4C)n3)cn2)CCN1. The molecule has 2 aliphatic heterocycles. The summed E-state index contributed by atoms with van der Waals surface area (Å²) < 4.78 is 41.6. The van der Waals surface area contributed by atoms with Gasteiger partial charge in [-0.05, 0) is 26.3 Å². The van der Waals surface area contributed by atoms with E-state index >= 15 is 0 Å². The number of nitrogens with one attached hydrogen (secondary N) is 1. The molecule has 2 saturated heterocycles. The van der Waals surface area contributed by atoms with Crippen LogP contribution in [0.1, 0.15) is 26.0 Å². The van der Waals surface area contributed by atoms with E-state index in [4.69, 9.17) is 0 Å². The number of nitrogens with zero attached hydrogens (tertiary/aromatic N) is 6. The fourth-order valence-corrected chi connectivity index (χ4v) is 3.65. The molecule has 11 heteroatoms. The van der Waals surface area contributed by atoms with Gasteiger partial charge in [0, 0.05) is 50.0 Å². The Labute approximate surface area is 172 Å². The second kappa shape index (κ2) is 7.86. The van der Waals surface area contributed by atoms with Crippen molar-refractivity contribution in [1.29, 1.82) is 0 Å². The molecule has 0 unspecified atom stereocenters. The second-order valence-electron chi connectivity index (χ2n) is 7.89. The van der Waals surface area contributed by atoms with E-state index in [9.17, 15) is 18.0 Å². The summed E-state index contributed by atoms with van der Waals surface area (Å²) in [7, 11) is 0. The number of halogens is 3. The third kappa shape index (κ3) is 4.25. The Morgan fingerprint density at radius 1 is 1.27 bits per heavy atom. The van der Waals surface area contributed by atoms with Crippen LogP contribution in [0.5, 0.6) is 0 Å². The van der Waals surface area contributed by atoms with Crippen molar-refractivity contribution in [2.24, 2.45) is 0 Å². The molecule has 4 heterocycles. The average molecular weight is 423 g/mol. The fourth-order valence-electron chi connectivity index (χ4n) is 3.65. The minimum Gasteiger partial charge on any atom is -0.338 e. The van der Waals surface area contributed by atoms with Crippen LogP contribution in [-0.2, 0) is 17.5 Å². The highest BCUT2D eigenvalue weighted by molar-refractivity contribution is 5.76. The zero-order valence-corrected chi connectivity index (χ0v) is 16.9. The number of piperazine rings is 1. The summed E-state index contributed by atoms with van der Waals surface area (Å²) in [5.74, 6) is -0.0102. The first-order chi connectivity index (χ1) is 14.2. The largest absolute Gasteiger partial charge is 0.433 e. The van der Waals surface area contributed by atoms with E-state index in [1.165, 1.54) is 10.9 Å². The first-order valence-corrected chi connectivity index (χ1v) is 9.97. The van der Waals surface area contributed by atoms with E-state index in [-0.39, 0.29) is 36.2 Å². The number of carbonyl (C=O) groups is 1. The van der Waals surface area contributed by atoms with Gasteiger partial charge in [0.2, 0.25) is 11.9 Å². The molecule has 8 nitrogen and oxygen atoms in total. The third-order valence-electron chi connectivity index (χ3n) is 5.53. The maximum atomic E-state index is 13.4. The highest BCUT2D eigenvalue weighted by Crippen LogP contribution is 2.33. The Morgan fingerprint density at radius 3 is 2.70 bits per heavy atom. The lowest BCUT2D eigenvalue weighted by atomic mass is 10.1. The van der Waals surface area contributed by atoms with Crippen LogP contribution in [0, 0.1) is 0 Å². The Kier molecular flexibility index (Phi) is 5.39. The quantitative estimate of drug-likeness (QED) is 0.808. The summed E-state index contributed by atoms with van der Waals surface area (Å²) in [5, 5.41) is 7.43. The third-order valence-corrected chi connectivity index (χ3v) is 5.53. The van der Waals surface area contributed by atoms with Crippen LogP contribution in [0.4, 0.5) is 19.1 Å². The summed E-state index contributed by atoms with van der Waals surface area (Å²) in [5.41, 5.74) is -0.431. The summed E-state index contributed by atoms with van der Waals surface area (Å²) >= 11 is 0. The van der Waals surface area contributed by atoms with Crippen molar-refractivity contribution in [3.05, 3.63) is 24.2 Å². The number of hydrogen-bond donors (Lipinski definition) is 1. The van der Waals surface area contributed by atoms with Crippen molar-refractivity contribution >= 4 is 11.9 Å². The molecule has 0 spiro atoms. The Bertz CT molecular complexity index is 929. The number of hydrogen-bond acceptors (Lipinski definition) is 6. The smallest absolute Gasteiger partial charge is 0.338 e. The minimum absolute atomic E-state index is 0.0277. The monoisotopic (exact) mass is 423 g/mol. The van der Waals surface area contributed by atoms with Gasteiger partial charge in [-0.25, -0.2) is 9.97 Å². The summed E-state index contributed by atoms with van der Waals surface area (Å²) in [6.07, 6.45) is -0.708. The fraction of sp³-hybridized carbons (Fsp3) is 0.579. The van der Waals surface area contributed by atoms with Gasteiger partial charge < -0.3 is 15.1 Å².